The number of benzene rings is 1. The van der Waals surface area contributed by atoms with Gasteiger partial charge in [0, 0.05) is 12.6 Å². The maximum Gasteiger partial charge on any atom is 0.335 e. The molecular formula is C14H20N2O3. The Hall–Kier alpha value is -1.59. The number of piperidine rings is 1. The Labute approximate surface area is 113 Å². The van der Waals surface area contributed by atoms with Crippen molar-refractivity contribution in [2.45, 2.75) is 18.9 Å². The number of carboxylic acid groups (broad SMARTS) is 1. The van der Waals surface area contributed by atoms with Gasteiger partial charge in [0.05, 0.1) is 5.56 Å². The number of hydrogen-bond acceptors (Lipinski definition) is 4. The molecule has 0 aliphatic carbocycles. The molecule has 0 amide bonds. The maximum atomic E-state index is 10.8. The van der Waals surface area contributed by atoms with Crippen molar-refractivity contribution in [1.29, 1.82) is 0 Å². The zero-order valence-electron chi connectivity index (χ0n) is 10.9. The molecule has 3 N–H and O–H groups in total. The molecule has 1 saturated heterocycles. The van der Waals surface area contributed by atoms with Crippen molar-refractivity contribution in [3.05, 3.63) is 29.8 Å². The summed E-state index contributed by atoms with van der Waals surface area (Å²) in [6.07, 6.45) is 2.07. The topological polar surface area (TPSA) is 75.8 Å². The van der Waals surface area contributed by atoms with Crippen LogP contribution in [0.1, 0.15) is 23.2 Å². The fraction of sp³-hybridized carbons (Fsp3) is 0.500. The third kappa shape index (κ3) is 4.22. The molecule has 5 nitrogen and oxygen atoms in total. The third-order valence-electron chi connectivity index (χ3n) is 3.39. The van der Waals surface area contributed by atoms with Crippen LogP contribution in [0.4, 0.5) is 0 Å². The van der Waals surface area contributed by atoms with E-state index in [2.05, 4.69) is 4.90 Å². The van der Waals surface area contributed by atoms with Crippen molar-refractivity contribution in [1.82, 2.24) is 4.90 Å². The SMILES string of the molecule is NC1CCN(CCOc2cccc(C(=O)O)c2)CC1. The number of hydrogen-bond donors (Lipinski definition) is 2. The van der Waals surface area contributed by atoms with E-state index in [4.69, 9.17) is 15.6 Å². The summed E-state index contributed by atoms with van der Waals surface area (Å²) in [5, 5.41) is 8.89. The number of nitrogens with zero attached hydrogens (tertiary/aromatic N) is 1. The highest BCUT2D eigenvalue weighted by atomic mass is 16.5. The van der Waals surface area contributed by atoms with E-state index >= 15 is 0 Å². The molecule has 0 spiro atoms. The molecule has 104 valence electrons. The molecule has 0 aromatic heterocycles. The molecule has 2 rings (SSSR count). The highest BCUT2D eigenvalue weighted by Gasteiger charge is 2.15. The molecule has 0 atom stereocenters. The first kappa shape index (κ1) is 13.8. The number of likely N-dealkylation sites (tertiary alicyclic amines) is 1. The van der Waals surface area contributed by atoms with Gasteiger partial charge >= 0.3 is 5.97 Å². The predicted octanol–water partition coefficient (Wildman–Crippen LogP) is 1.19. The number of rotatable bonds is 5. The first-order valence-electron chi connectivity index (χ1n) is 6.59. The van der Waals surface area contributed by atoms with Gasteiger partial charge in [-0.15, -0.1) is 0 Å². The number of aromatic carboxylic acids is 1. The Bertz CT molecular complexity index is 428. The largest absolute Gasteiger partial charge is 0.492 e. The second-order valence-electron chi connectivity index (χ2n) is 4.86. The van der Waals surface area contributed by atoms with Crippen LogP contribution in [0.25, 0.3) is 0 Å². The van der Waals surface area contributed by atoms with Crippen molar-refractivity contribution in [3.63, 3.8) is 0 Å². The molecule has 5 heteroatoms. The number of carboxylic acids is 1. The first-order valence-corrected chi connectivity index (χ1v) is 6.59. The van der Waals surface area contributed by atoms with E-state index in [1.54, 1.807) is 24.3 Å². The van der Waals surface area contributed by atoms with E-state index < -0.39 is 5.97 Å². The van der Waals surface area contributed by atoms with E-state index in [0.717, 1.165) is 32.5 Å². The second-order valence-corrected chi connectivity index (χ2v) is 4.86. The van der Waals surface area contributed by atoms with E-state index in [9.17, 15) is 4.79 Å². The first-order chi connectivity index (χ1) is 9.15. The normalized spacial score (nSPS) is 17.3. The van der Waals surface area contributed by atoms with Crippen molar-refractivity contribution in [2.24, 2.45) is 5.73 Å². The Morgan fingerprint density at radius 2 is 2.16 bits per heavy atom. The van der Waals surface area contributed by atoms with Crippen LogP contribution in [-0.4, -0.2) is 48.3 Å². The van der Waals surface area contributed by atoms with Gasteiger partial charge in [0.1, 0.15) is 12.4 Å². The quantitative estimate of drug-likeness (QED) is 0.835. The van der Waals surface area contributed by atoms with Crippen molar-refractivity contribution in [3.8, 4) is 5.75 Å². The molecule has 19 heavy (non-hydrogen) atoms. The van der Waals surface area contributed by atoms with Crippen LogP contribution in [0, 0.1) is 0 Å². The summed E-state index contributed by atoms with van der Waals surface area (Å²) < 4.78 is 5.59. The van der Waals surface area contributed by atoms with Gasteiger partial charge in [0.2, 0.25) is 0 Å². The zero-order valence-corrected chi connectivity index (χ0v) is 10.9. The number of carbonyl (C=O) groups is 1. The lowest BCUT2D eigenvalue weighted by molar-refractivity contribution is 0.0696. The van der Waals surface area contributed by atoms with Crippen LogP contribution in [0.2, 0.25) is 0 Å². The molecule has 1 fully saturated rings. The van der Waals surface area contributed by atoms with Crippen molar-refractivity contribution >= 4 is 5.97 Å². The lowest BCUT2D eigenvalue weighted by Gasteiger charge is -2.29. The number of nitrogens with two attached hydrogens (primary N) is 1. The minimum atomic E-state index is -0.935. The number of ether oxygens (including phenoxy) is 1. The standard InChI is InChI=1S/C14H20N2O3/c15-12-4-6-16(7-5-12)8-9-19-13-3-1-2-11(10-13)14(17)18/h1-3,10,12H,4-9,15H2,(H,17,18). The smallest absolute Gasteiger partial charge is 0.335 e. The fourth-order valence-electron chi connectivity index (χ4n) is 2.19. The van der Waals surface area contributed by atoms with Crippen LogP contribution < -0.4 is 10.5 Å². The molecule has 1 aromatic carbocycles. The highest BCUT2D eigenvalue weighted by molar-refractivity contribution is 5.87. The van der Waals surface area contributed by atoms with Gasteiger partial charge in [-0.25, -0.2) is 4.79 Å². The summed E-state index contributed by atoms with van der Waals surface area (Å²) in [5.74, 6) is -0.330. The van der Waals surface area contributed by atoms with Gasteiger partial charge in [-0.2, -0.15) is 0 Å². The average molecular weight is 264 g/mol. The summed E-state index contributed by atoms with van der Waals surface area (Å²) in [4.78, 5) is 13.2. The van der Waals surface area contributed by atoms with Gasteiger partial charge in [-0.05, 0) is 44.1 Å². The monoisotopic (exact) mass is 264 g/mol. The van der Waals surface area contributed by atoms with Gasteiger partial charge in [-0.1, -0.05) is 6.07 Å². The van der Waals surface area contributed by atoms with Gasteiger partial charge < -0.3 is 15.6 Å². The molecule has 1 aliphatic rings. The Balaban J connectivity index is 1.76. The fourth-order valence-corrected chi connectivity index (χ4v) is 2.19. The lowest BCUT2D eigenvalue weighted by Crippen LogP contribution is -2.41. The molecule has 0 unspecified atom stereocenters. The summed E-state index contributed by atoms with van der Waals surface area (Å²) in [5.41, 5.74) is 6.10. The molecule has 1 aliphatic heterocycles. The van der Waals surface area contributed by atoms with Crippen molar-refractivity contribution < 1.29 is 14.6 Å². The summed E-state index contributed by atoms with van der Waals surface area (Å²) in [6.45, 7) is 3.45. The zero-order chi connectivity index (χ0) is 13.7. The van der Waals surface area contributed by atoms with Gasteiger partial charge in [0.25, 0.3) is 0 Å². The lowest BCUT2D eigenvalue weighted by atomic mass is 10.1. The molecule has 0 radical (unpaired) electrons. The predicted molar refractivity (Wildman–Crippen MR) is 72.5 cm³/mol. The molecule has 1 aromatic rings. The second kappa shape index (κ2) is 6.54. The van der Waals surface area contributed by atoms with Gasteiger partial charge in [-0.3, -0.25) is 4.90 Å². The van der Waals surface area contributed by atoms with Crippen LogP contribution in [0.5, 0.6) is 5.75 Å². The average Bonchev–Trinajstić information content (AvgIpc) is 2.41. The maximum absolute atomic E-state index is 10.8. The Morgan fingerprint density at radius 3 is 2.84 bits per heavy atom. The van der Waals surface area contributed by atoms with Crippen molar-refractivity contribution in [2.75, 3.05) is 26.2 Å². The van der Waals surface area contributed by atoms with Crippen LogP contribution in [0.3, 0.4) is 0 Å². The Morgan fingerprint density at radius 1 is 1.42 bits per heavy atom. The minimum Gasteiger partial charge on any atom is -0.492 e. The van der Waals surface area contributed by atoms with Crippen LogP contribution in [-0.2, 0) is 0 Å². The molecule has 0 saturated carbocycles. The van der Waals surface area contributed by atoms with Crippen LogP contribution >= 0.6 is 0 Å². The molecule has 1 heterocycles. The summed E-state index contributed by atoms with van der Waals surface area (Å²) >= 11 is 0. The van der Waals surface area contributed by atoms with E-state index in [1.807, 2.05) is 0 Å². The Kier molecular flexibility index (Phi) is 4.76. The third-order valence-corrected chi connectivity index (χ3v) is 3.39. The molecule has 0 bridgehead atoms. The van der Waals surface area contributed by atoms with E-state index in [-0.39, 0.29) is 5.56 Å². The summed E-state index contributed by atoms with van der Waals surface area (Å²) in [7, 11) is 0. The van der Waals surface area contributed by atoms with E-state index in [0.29, 0.717) is 18.4 Å². The highest BCUT2D eigenvalue weighted by Crippen LogP contribution is 2.14. The molecular weight excluding hydrogens is 244 g/mol. The van der Waals surface area contributed by atoms with Crippen LogP contribution in [0.15, 0.2) is 24.3 Å². The summed E-state index contributed by atoms with van der Waals surface area (Å²) in [6, 6.07) is 6.91. The van der Waals surface area contributed by atoms with Gasteiger partial charge in [0.15, 0.2) is 0 Å². The van der Waals surface area contributed by atoms with E-state index in [1.165, 1.54) is 0 Å². The minimum absolute atomic E-state index is 0.251.